The topological polar surface area (TPSA) is 149 Å². The molecule has 6 N–H and O–H groups in total. The van der Waals surface area contributed by atoms with E-state index in [4.69, 9.17) is 9.47 Å². The molecule has 0 radical (unpaired) electrons. The molecular formula is C61H107NO8. The number of aliphatic hydroxyl groups excluding tert-OH is 5. The van der Waals surface area contributed by atoms with Crippen LogP contribution in [-0.2, 0) is 14.3 Å². The Labute approximate surface area is 429 Å². The summed E-state index contributed by atoms with van der Waals surface area (Å²) < 4.78 is 11.3. The predicted octanol–water partition coefficient (Wildman–Crippen LogP) is 14.2. The molecule has 7 unspecified atom stereocenters. The number of nitrogens with one attached hydrogen (secondary N) is 1. The average molecular weight is 983 g/mol. The summed E-state index contributed by atoms with van der Waals surface area (Å²) in [5, 5.41) is 54.5. The van der Waals surface area contributed by atoms with Crippen LogP contribution in [0.15, 0.2) is 85.1 Å². The summed E-state index contributed by atoms with van der Waals surface area (Å²) >= 11 is 0. The zero-order chi connectivity index (χ0) is 50.8. The lowest BCUT2D eigenvalue weighted by molar-refractivity contribution is -0.302. The van der Waals surface area contributed by atoms with Gasteiger partial charge in [-0.1, -0.05) is 234 Å². The van der Waals surface area contributed by atoms with Gasteiger partial charge in [0.05, 0.1) is 25.4 Å². The molecule has 0 bridgehead atoms. The Morgan fingerprint density at radius 1 is 0.500 bits per heavy atom. The lowest BCUT2D eigenvalue weighted by atomic mass is 9.99. The van der Waals surface area contributed by atoms with Crippen molar-refractivity contribution in [2.45, 2.75) is 281 Å². The van der Waals surface area contributed by atoms with Crippen LogP contribution in [0.3, 0.4) is 0 Å². The minimum Gasteiger partial charge on any atom is -0.394 e. The van der Waals surface area contributed by atoms with Gasteiger partial charge in [0.2, 0.25) is 5.91 Å². The molecule has 0 spiro atoms. The van der Waals surface area contributed by atoms with Gasteiger partial charge in [0.25, 0.3) is 0 Å². The van der Waals surface area contributed by atoms with Crippen molar-refractivity contribution < 1.29 is 39.8 Å². The second kappa shape index (κ2) is 49.9. The highest BCUT2D eigenvalue weighted by Crippen LogP contribution is 2.23. The normalized spacial score (nSPS) is 20.0. The van der Waals surface area contributed by atoms with Crippen LogP contribution >= 0.6 is 0 Å². The quantitative estimate of drug-likeness (QED) is 0.0261. The summed E-state index contributed by atoms with van der Waals surface area (Å²) in [6.45, 7) is 3.65. The van der Waals surface area contributed by atoms with E-state index >= 15 is 0 Å². The summed E-state index contributed by atoms with van der Waals surface area (Å²) in [6.07, 6.45) is 63.6. The van der Waals surface area contributed by atoms with Crippen molar-refractivity contribution in [2.24, 2.45) is 0 Å². The fraction of sp³-hybridized carbons (Fsp3) is 0.754. The van der Waals surface area contributed by atoms with Crippen molar-refractivity contribution in [3.63, 3.8) is 0 Å². The number of aliphatic hydroxyl groups is 5. The molecule has 1 rings (SSSR count). The number of ether oxygens (including phenoxy) is 2. The molecule has 1 aliphatic rings. The maximum absolute atomic E-state index is 13.1. The zero-order valence-corrected chi connectivity index (χ0v) is 44.7. The van der Waals surface area contributed by atoms with Gasteiger partial charge in [-0.25, -0.2) is 0 Å². The van der Waals surface area contributed by atoms with E-state index in [1.54, 1.807) is 6.08 Å². The van der Waals surface area contributed by atoms with E-state index in [0.717, 1.165) is 70.6 Å². The van der Waals surface area contributed by atoms with E-state index in [1.165, 1.54) is 148 Å². The lowest BCUT2D eigenvalue weighted by Crippen LogP contribution is -2.60. The second-order valence-corrected chi connectivity index (χ2v) is 19.7. The lowest BCUT2D eigenvalue weighted by Gasteiger charge is -2.40. The maximum atomic E-state index is 13.1. The second-order valence-electron chi connectivity index (χ2n) is 19.7. The van der Waals surface area contributed by atoms with Gasteiger partial charge in [-0.2, -0.15) is 0 Å². The maximum Gasteiger partial charge on any atom is 0.220 e. The molecule has 70 heavy (non-hydrogen) atoms. The van der Waals surface area contributed by atoms with Crippen molar-refractivity contribution >= 4 is 5.91 Å². The number of carbonyl (C=O) groups is 1. The number of hydrogen-bond donors (Lipinski definition) is 6. The van der Waals surface area contributed by atoms with Crippen LogP contribution in [0.1, 0.15) is 239 Å². The molecule has 0 aromatic carbocycles. The molecule has 0 aromatic rings. The summed E-state index contributed by atoms with van der Waals surface area (Å²) in [4.78, 5) is 13.1. The van der Waals surface area contributed by atoms with Gasteiger partial charge in [-0.05, 0) is 83.5 Å². The van der Waals surface area contributed by atoms with Crippen LogP contribution in [0.5, 0.6) is 0 Å². The number of amides is 1. The van der Waals surface area contributed by atoms with Crippen molar-refractivity contribution in [1.82, 2.24) is 5.32 Å². The Bertz CT molecular complexity index is 1370. The summed E-state index contributed by atoms with van der Waals surface area (Å²) in [6, 6.07) is -0.833. The van der Waals surface area contributed by atoms with Gasteiger partial charge in [-0.3, -0.25) is 4.79 Å². The molecule has 1 amide bonds. The molecular weight excluding hydrogens is 875 g/mol. The molecule has 1 aliphatic heterocycles. The Morgan fingerprint density at radius 2 is 0.900 bits per heavy atom. The Kier molecular flexibility index (Phi) is 46.6. The van der Waals surface area contributed by atoms with Gasteiger partial charge in [0.15, 0.2) is 6.29 Å². The Morgan fingerprint density at radius 3 is 1.37 bits per heavy atom. The highest BCUT2D eigenvalue weighted by molar-refractivity contribution is 5.76. The first-order chi connectivity index (χ1) is 34.3. The van der Waals surface area contributed by atoms with Crippen molar-refractivity contribution in [1.29, 1.82) is 0 Å². The summed E-state index contributed by atoms with van der Waals surface area (Å²) in [5.41, 5.74) is 0. The molecule has 1 saturated heterocycles. The van der Waals surface area contributed by atoms with Crippen LogP contribution in [0.25, 0.3) is 0 Å². The van der Waals surface area contributed by atoms with Gasteiger partial charge in [-0.15, -0.1) is 0 Å². The van der Waals surface area contributed by atoms with Crippen LogP contribution < -0.4 is 5.32 Å². The van der Waals surface area contributed by atoms with E-state index < -0.39 is 49.5 Å². The Balaban J connectivity index is 2.25. The third-order valence-corrected chi connectivity index (χ3v) is 13.2. The molecule has 0 saturated carbocycles. The molecule has 0 aromatic heterocycles. The van der Waals surface area contributed by atoms with E-state index in [9.17, 15) is 30.3 Å². The van der Waals surface area contributed by atoms with Gasteiger partial charge < -0.3 is 40.3 Å². The van der Waals surface area contributed by atoms with Crippen LogP contribution in [-0.4, -0.2) is 87.5 Å². The minimum absolute atomic E-state index is 0.193. The number of allylic oxidation sites excluding steroid dienone is 13. The SMILES string of the molecule is CC/C=C\C/C=C\C/C=C\C/C=C\CCCCCCCCCCCCCCCCC(=O)NC(COC1OC(CO)C(O)C(O)C1O)C(O)/C=C/CC/C=C/CC/C=C/CCCCCCCCCCCC. The molecule has 9 nitrogen and oxygen atoms in total. The number of rotatable bonds is 48. The Hall–Kier alpha value is -2.63. The zero-order valence-electron chi connectivity index (χ0n) is 44.7. The number of unbranched alkanes of at least 4 members (excludes halogenated alkanes) is 26. The predicted molar refractivity (Wildman–Crippen MR) is 295 cm³/mol. The largest absolute Gasteiger partial charge is 0.394 e. The monoisotopic (exact) mass is 982 g/mol. The molecule has 0 aliphatic carbocycles. The average Bonchev–Trinajstić information content (AvgIpc) is 3.36. The van der Waals surface area contributed by atoms with E-state index in [1.807, 2.05) is 6.08 Å². The third kappa shape index (κ3) is 39.0. The molecule has 9 heteroatoms. The summed E-state index contributed by atoms with van der Waals surface area (Å²) in [5.74, 6) is -0.193. The fourth-order valence-corrected chi connectivity index (χ4v) is 8.65. The van der Waals surface area contributed by atoms with E-state index in [-0.39, 0.29) is 12.5 Å². The first-order valence-corrected chi connectivity index (χ1v) is 28.8. The smallest absolute Gasteiger partial charge is 0.220 e. The molecule has 7 atom stereocenters. The van der Waals surface area contributed by atoms with Gasteiger partial charge in [0.1, 0.15) is 24.4 Å². The third-order valence-electron chi connectivity index (χ3n) is 13.2. The van der Waals surface area contributed by atoms with Crippen molar-refractivity contribution in [2.75, 3.05) is 13.2 Å². The van der Waals surface area contributed by atoms with E-state index in [2.05, 4.69) is 92.1 Å². The van der Waals surface area contributed by atoms with Crippen LogP contribution in [0, 0.1) is 0 Å². The first-order valence-electron chi connectivity index (χ1n) is 28.8. The van der Waals surface area contributed by atoms with Crippen molar-refractivity contribution in [3.8, 4) is 0 Å². The molecule has 404 valence electrons. The van der Waals surface area contributed by atoms with Gasteiger partial charge >= 0.3 is 0 Å². The van der Waals surface area contributed by atoms with Gasteiger partial charge in [0, 0.05) is 6.42 Å². The molecule has 1 fully saturated rings. The highest BCUT2D eigenvalue weighted by atomic mass is 16.7. The minimum atomic E-state index is -1.58. The fourth-order valence-electron chi connectivity index (χ4n) is 8.65. The van der Waals surface area contributed by atoms with E-state index in [0.29, 0.717) is 6.42 Å². The summed E-state index contributed by atoms with van der Waals surface area (Å²) in [7, 11) is 0. The first kappa shape index (κ1) is 65.4. The highest BCUT2D eigenvalue weighted by Gasteiger charge is 2.44. The number of hydrogen-bond acceptors (Lipinski definition) is 8. The standard InChI is InChI=1S/C61H107NO8/c1-3-5-7-9-11-13-15-17-19-21-23-25-26-27-28-29-30-31-33-35-37-39-41-43-45-47-49-51-57(65)62-54(53-69-61-60(68)59(67)58(66)56(52-63)70-61)55(64)50-48-46-44-42-40-38-36-34-32-24-22-20-18-16-14-12-10-8-6-4-2/h5,7,11,13,17,19,23,25,32,34,40,42,48,50,54-56,58-61,63-64,66-68H,3-4,6,8-10,12,14-16,18,20-22,24,26-31,33,35-39,41,43-47,49,51-53H2,1-2H3,(H,62,65)/b7-5-,13-11-,19-17-,25-23-,34-32+,42-40+,50-48+. The molecule has 1 heterocycles. The van der Waals surface area contributed by atoms with Crippen LogP contribution in [0.4, 0.5) is 0 Å². The van der Waals surface area contributed by atoms with Crippen LogP contribution in [0.2, 0.25) is 0 Å². The number of carbonyl (C=O) groups excluding carboxylic acids is 1. The van der Waals surface area contributed by atoms with Crippen molar-refractivity contribution in [3.05, 3.63) is 85.1 Å².